The lowest BCUT2D eigenvalue weighted by Gasteiger charge is -2.40. The van der Waals surface area contributed by atoms with Gasteiger partial charge in [-0.25, -0.2) is 4.39 Å². The van der Waals surface area contributed by atoms with Gasteiger partial charge in [0.05, 0.1) is 13.2 Å². The highest BCUT2D eigenvalue weighted by Gasteiger charge is 2.35. The summed E-state index contributed by atoms with van der Waals surface area (Å²) >= 11 is 0. The van der Waals surface area contributed by atoms with Gasteiger partial charge in [-0.2, -0.15) is 0 Å². The van der Waals surface area contributed by atoms with Crippen LogP contribution < -0.4 is 4.74 Å². The molecular weight excluding hydrogens is 267 g/mol. The molecule has 0 spiro atoms. The van der Waals surface area contributed by atoms with Crippen LogP contribution in [-0.4, -0.2) is 18.3 Å². The molecule has 2 nitrogen and oxygen atoms in total. The van der Waals surface area contributed by atoms with Crippen molar-refractivity contribution in [2.75, 3.05) is 7.11 Å². The predicted molar refractivity (Wildman–Crippen MR) is 82.9 cm³/mol. The molecule has 2 rings (SSSR count). The first-order chi connectivity index (χ1) is 9.82. The zero-order valence-electron chi connectivity index (χ0n) is 13.5. The minimum atomic E-state index is -0.325. The smallest absolute Gasteiger partial charge is 0.168 e. The summed E-state index contributed by atoms with van der Waals surface area (Å²) in [6.07, 6.45) is 3.09. The average molecular weight is 294 g/mol. The summed E-state index contributed by atoms with van der Waals surface area (Å²) in [6, 6.07) is 5.24. The Morgan fingerprint density at radius 3 is 2.62 bits per heavy atom. The Balaban J connectivity index is 2.14. The van der Waals surface area contributed by atoms with E-state index in [9.17, 15) is 9.50 Å². The molecule has 118 valence electrons. The second-order valence-electron chi connectivity index (χ2n) is 7.34. The van der Waals surface area contributed by atoms with Crippen molar-refractivity contribution in [2.24, 2.45) is 17.3 Å². The fraction of sp³-hybridized carbons (Fsp3) is 0.667. The van der Waals surface area contributed by atoms with Crippen LogP contribution >= 0.6 is 0 Å². The van der Waals surface area contributed by atoms with E-state index in [1.165, 1.54) is 7.11 Å². The van der Waals surface area contributed by atoms with Crippen LogP contribution in [0.4, 0.5) is 4.39 Å². The maximum absolute atomic E-state index is 14.3. The largest absolute Gasteiger partial charge is 0.494 e. The first kappa shape index (κ1) is 16.3. The molecule has 1 N–H and O–H groups in total. The van der Waals surface area contributed by atoms with Crippen LogP contribution in [0.3, 0.4) is 0 Å². The van der Waals surface area contributed by atoms with E-state index in [0.29, 0.717) is 17.9 Å². The van der Waals surface area contributed by atoms with Gasteiger partial charge < -0.3 is 9.84 Å². The van der Waals surface area contributed by atoms with Gasteiger partial charge in [-0.3, -0.25) is 0 Å². The molecule has 3 atom stereocenters. The molecule has 0 aliphatic heterocycles. The van der Waals surface area contributed by atoms with E-state index in [1.807, 2.05) is 6.07 Å². The maximum Gasteiger partial charge on any atom is 0.168 e. The van der Waals surface area contributed by atoms with Crippen molar-refractivity contribution in [3.8, 4) is 5.75 Å². The first-order valence-corrected chi connectivity index (χ1v) is 7.82. The summed E-state index contributed by atoms with van der Waals surface area (Å²) < 4.78 is 19.3. The number of aliphatic hydroxyl groups is 1. The molecule has 3 unspecified atom stereocenters. The summed E-state index contributed by atoms with van der Waals surface area (Å²) in [5.74, 6) is 0.708. The minimum Gasteiger partial charge on any atom is -0.494 e. The Morgan fingerprint density at radius 2 is 2.00 bits per heavy atom. The van der Waals surface area contributed by atoms with Gasteiger partial charge in [-0.15, -0.1) is 0 Å². The Morgan fingerprint density at radius 1 is 1.29 bits per heavy atom. The van der Waals surface area contributed by atoms with Crippen LogP contribution in [0.5, 0.6) is 5.75 Å². The van der Waals surface area contributed by atoms with Gasteiger partial charge in [0.1, 0.15) is 0 Å². The fourth-order valence-corrected chi connectivity index (χ4v) is 3.41. The molecule has 0 saturated heterocycles. The Hall–Kier alpha value is -1.09. The second kappa shape index (κ2) is 6.35. The highest BCUT2D eigenvalue weighted by molar-refractivity contribution is 5.31. The van der Waals surface area contributed by atoms with Crippen LogP contribution in [0, 0.1) is 23.1 Å². The van der Waals surface area contributed by atoms with Gasteiger partial charge in [0.2, 0.25) is 0 Å². The second-order valence-corrected chi connectivity index (χ2v) is 7.34. The Labute approximate surface area is 127 Å². The van der Waals surface area contributed by atoms with Crippen molar-refractivity contribution in [3.63, 3.8) is 0 Å². The third-order valence-corrected chi connectivity index (χ3v) is 4.91. The molecule has 1 aromatic rings. The van der Waals surface area contributed by atoms with Crippen molar-refractivity contribution < 1.29 is 14.2 Å². The van der Waals surface area contributed by atoms with Gasteiger partial charge >= 0.3 is 0 Å². The van der Waals surface area contributed by atoms with E-state index in [4.69, 9.17) is 4.74 Å². The number of ether oxygens (including phenoxy) is 1. The standard InChI is InChI=1S/C18H27FO2/c1-18(2,3)14-8-9-15(20)13(11-14)10-12-6-5-7-16(21-4)17(12)19/h5-7,13-15,20H,8-11H2,1-4H3. The van der Waals surface area contributed by atoms with Gasteiger partial charge in [0, 0.05) is 0 Å². The average Bonchev–Trinajstić information content (AvgIpc) is 2.42. The quantitative estimate of drug-likeness (QED) is 0.905. The van der Waals surface area contributed by atoms with E-state index in [-0.39, 0.29) is 29.0 Å². The lowest BCUT2D eigenvalue weighted by Crippen LogP contribution is -2.35. The fourth-order valence-electron chi connectivity index (χ4n) is 3.41. The van der Waals surface area contributed by atoms with Crippen LogP contribution in [0.1, 0.15) is 45.6 Å². The number of methoxy groups -OCH3 is 1. The molecule has 1 aliphatic rings. The molecule has 1 fully saturated rings. The summed E-state index contributed by atoms with van der Waals surface area (Å²) in [5.41, 5.74) is 0.888. The van der Waals surface area contributed by atoms with Gasteiger partial charge in [0.25, 0.3) is 0 Å². The molecule has 21 heavy (non-hydrogen) atoms. The third-order valence-electron chi connectivity index (χ3n) is 4.91. The molecule has 0 bridgehead atoms. The zero-order chi connectivity index (χ0) is 15.6. The number of rotatable bonds is 3. The maximum atomic E-state index is 14.3. The van der Waals surface area contributed by atoms with Crippen molar-refractivity contribution >= 4 is 0 Å². The van der Waals surface area contributed by atoms with E-state index >= 15 is 0 Å². The lowest BCUT2D eigenvalue weighted by atomic mass is 9.67. The molecule has 1 aliphatic carbocycles. The topological polar surface area (TPSA) is 29.5 Å². The van der Waals surface area contributed by atoms with Crippen molar-refractivity contribution in [1.29, 1.82) is 0 Å². The molecule has 0 aromatic heterocycles. The van der Waals surface area contributed by atoms with Crippen molar-refractivity contribution in [3.05, 3.63) is 29.6 Å². The highest BCUT2D eigenvalue weighted by Crippen LogP contribution is 2.41. The monoisotopic (exact) mass is 294 g/mol. The number of hydrogen-bond donors (Lipinski definition) is 1. The number of halogens is 1. The van der Waals surface area contributed by atoms with Gasteiger partial charge in [0.15, 0.2) is 11.6 Å². The number of aliphatic hydroxyl groups excluding tert-OH is 1. The van der Waals surface area contributed by atoms with E-state index in [1.54, 1.807) is 12.1 Å². The van der Waals surface area contributed by atoms with Crippen LogP contribution in [0.2, 0.25) is 0 Å². The van der Waals surface area contributed by atoms with E-state index < -0.39 is 0 Å². The highest BCUT2D eigenvalue weighted by atomic mass is 19.1. The molecule has 3 heteroatoms. The molecule has 0 radical (unpaired) electrons. The van der Waals surface area contributed by atoms with Crippen LogP contribution in [0.25, 0.3) is 0 Å². The Kier molecular flexibility index (Phi) is 4.92. The lowest BCUT2D eigenvalue weighted by molar-refractivity contribution is 0.0193. The third kappa shape index (κ3) is 3.76. The summed E-state index contributed by atoms with van der Waals surface area (Å²) in [6.45, 7) is 6.75. The summed E-state index contributed by atoms with van der Waals surface area (Å²) in [7, 11) is 1.48. The normalized spacial score (nSPS) is 26.7. The van der Waals surface area contributed by atoms with Crippen molar-refractivity contribution in [2.45, 2.75) is 52.6 Å². The van der Waals surface area contributed by atoms with Gasteiger partial charge in [-0.05, 0) is 54.6 Å². The molecule has 1 aromatic carbocycles. The molecule has 0 heterocycles. The Bertz CT molecular complexity index is 479. The molecular formula is C18H27FO2. The summed E-state index contributed by atoms with van der Waals surface area (Å²) in [5, 5.41) is 10.3. The number of hydrogen-bond acceptors (Lipinski definition) is 2. The SMILES string of the molecule is COc1cccc(CC2CC(C(C)(C)C)CCC2O)c1F. The van der Waals surface area contributed by atoms with Crippen LogP contribution in [0.15, 0.2) is 18.2 Å². The number of benzene rings is 1. The first-order valence-electron chi connectivity index (χ1n) is 7.82. The van der Waals surface area contributed by atoms with E-state index in [0.717, 1.165) is 19.3 Å². The van der Waals surface area contributed by atoms with Crippen molar-refractivity contribution in [1.82, 2.24) is 0 Å². The van der Waals surface area contributed by atoms with Gasteiger partial charge in [-0.1, -0.05) is 32.9 Å². The molecule has 0 amide bonds. The van der Waals surface area contributed by atoms with Crippen LogP contribution in [-0.2, 0) is 6.42 Å². The summed E-state index contributed by atoms with van der Waals surface area (Å²) in [4.78, 5) is 0. The zero-order valence-corrected chi connectivity index (χ0v) is 13.5. The molecule has 1 saturated carbocycles. The predicted octanol–water partition coefficient (Wildman–Crippen LogP) is 4.20. The van der Waals surface area contributed by atoms with E-state index in [2.05, 4.69) is 20.8 Å². The minimum absolute atomic E-state index is 0.129.